The number of benzene rings is 1. The maximum atomic E-state index is 12.1. The van der Waals surface area contributed by atoms with Crippen LogP contribution in [0, 0.1) is 6.92 Å². The topological polar surface area (TPSA) is 69.7 Å². The first-order chi connectivity index (χ1) is 11.0. The molecule has 0 radical (unpaired) electrons. The Labute approximate surface area is 136 Å². The lowest BCUT2D eigenvalue weighted by atomic mass is 10.1. The van der Waals surface area contributed by atoms with Crippen molar-refractivity contribution in [3.63, 3.8) is 0 Å². The molecule has 0 atom stereocenters. The third-order valence-corrected chi connectivity index (χ3v) is 3.98. The summed E-state index contributed by atoms with van der Waals surface area (Å²) in [6.07, 6.45) is 0.275. The van der Waals surface area contributed by atoms with Gasteiger partial charge >= 0.3 is 0 Å². The molecule has 0 unspecified atom stereocenters. The molecule has 1 fully saturated rings. The average molecular weight is 317 g/mol. The van der Waals surface area contributed by atoms with Crippen LogP contribution in [0.3, 0.4) is 0 Å². The first kappa shape index (κ1) is 17.0. The van der Waals surface area contributed by atoms with E-state index in [1.54, 1.807) is 15.9 Å². The zero-order chi connectivity index (χ0) is 16.8. The number of carbonyl (C=O) groups is 3. The number of nitrogens with zero attached hydrogens (tertiary/aromatic N) is 2. The van der Waals surface area contributed by atoms with E-state index in [1.807, 2.05) is 25.1 Å². The highest BCUT2D eigenvalue weighted by Crippen LogP contribution is 2.05. The Morgan fingerprint density at radius 3 is 2.35 bits per heavy atom. The van der Waals surface area contributed by atoms with Crippen molar-refractivity contribution in [2.45, 2.75) is 20.3 Å². The van der Waals surface area contributed by atoms with Crippen LogP contribution in [0.4, 0.5) is 0 Å². The molecule has 1 aliphatic rings. The van der Waals surface area contributed by atoms with Crippen LogP contribution in [0.15, 0.2) is 24.3 Å². The Morgan fingerprint density at radius 2 is 1.74 bits per heavy atom. The Bertz CT molecular complexity index is 593. The number of piperazine rings is 1. The van der Waals surface area contributed by atoms with Crippen molar-refractivity contribution in [3.8, 4) is 0 Å². The molecule has 0 bridgehead atoms. The molecule has 3 amide bonds. The van der Waals surface area contributed by atoms with Gasteiger partial charge in [0, 0.05) is 51.6 Å². The van der Waals surface area contributed by atoms with Gasteiger partial charge in [-0.25, -0.2) is 0 Å². The van der Waals surface area contributed by atoms with Crippen molar-refractivity contribution in [2.24, 2.45) is 0 Å². The monoisotopic (exact) mass is 317 g/mol. The summed E-state index contributed by atoms with van der Waals surface area (Å²) in [4.78, 5) is 38.9. The van der Waals surface area contributed by atoms with Crippen LogP contribution < -0.4 is 5.32 Å². The summed E-state index contributed by atoms with van der Waals surface area (Å²) in [5, 5.41) is 2.77. The number of amides is 3. The smallest absolute Gasteiger partial charge is 0.251 e. The fourth-order valence-electron chi connectivity index (χ4n) is 2.60. The largest absolute Gasteiger partial charge is 0.352 e. The van der Waals surface area contributed by atoms with Crippen LogP contribution in [-0.2, 0) is 9.59 Å². The fourth-order valence-corrected chi connectivity index (χ4v) is 2.60. The first-order valence-corrected chi connectivity index (χ1v) is 7.85. The number of aryl methyl sites for hydroxylation is 1. The molecule has 124 valence electrons. The molecule has 1 aromatic carbocycles. The number of carbonyl (C=O) groups excluding carboxylic acids is 3. The highest BCUT2D eigenvalue weighted by Gasteiger charge is 2.21. The quantitative estimate of drug-likeness (QED) is 0.893. The van der Waals surface area contributed by atoms with Gasteiger partial charge in [0.25, 0.3) is 5.91 Å². The highest BCUT2D eigenvalue weighted by atomic mass is 16.2. The predicted octanol–water partition coefficient (Wildman–Crippen LogP) is 0.806. The summed E-state index contributed by atoms with van der Waals surface area (Å²) in [7, 11) is 0. The Kier molecular flexibility index (Phi) is 5.73. The maximum Gasteiger partial charge on any atom is 0.251 e. The van der Waals surface area contributed by atoms with Crippen LogP contribution in [0.5, 0.6) is 0 Å². The first-order valence-electron chi connectivity index (χ1n) is 7.85. The van der Waals surface area contributed by atoms with E-state index in [0.29, 0.717) is 38.3 Å². The molecule has 2 rings (SSSR count). The lowest BCUT2D eigenvalue weighted by Crippen LogP contribution is -2.50. The van der Waals surface area contributed by atoms with E-state index in [2.05, 4.69) is 5.32 Å². The second-order valence-corrected chi connectivity index (χ2v) is 5.76. The van der Waals surface area contributed by atoms with E-state index < -0.39 is 0 Å². The Morgan fingerprint density at radius 1 is 1.09 bits per heavy atom. The minimum Gasteiger partial charge on any atom is -0.352 e. The van der Waals surface area contributed by atoms with Crippen molar-refractivity contribution < 1.29 is 14.4 Å². The van der Waals surface area contributed by atoms with Crippen molar-refractivity contribution in [2.75, 3.05) is 32.7 Å². The molecule has 0 aromatic heterocycles. The summed E-state index contributed by atoms with van der Waals surface area (Å²) in [6.45, 7) is 6.07. The molecule has 23 heavy (non-hydrogen) atoms. The summed E-state index contributed by atoms with van der Waals surface area (Å²) in [5.74, 6) is -0.108. The second-order valence-electron chi connectivity index (χ2n) is 5.76. The van der Waals surface area contributed by atoms with Crippen LogP contribution in [-0.4, -0.2) is 60.2 Å². The van der Waals surface area contributed by atoms with Crippen LogP contribution >= 0.6 is 0 Å². The minimum absolute atomic E-state index is 0.0118. The van der Waals surface area contributed by atoms with Gasteiger partial charge in [0.05, 0.1) is 0 Å². The number of nitrogens with one attached hydrogen (secondary N) is 1. The van der Waals surface area contributed by atoms with E-state index >= 15 is 0 Å². The molecule has 0 spiro atoms. The SMILES string of the molecule is CC(=O)N1CCN(C(=O)CCNC(=O)c2cccc(C)c2)CC1. The molecule has 1 N–H and O–H groups in total. The van der Waals surface area contributed by atoms with E-state index in [9.17, 15) is 14.4 Å². The van der Waals surface area contributed by atoms with Gasteiger partial charge < -0.3 is 15.1 Å². The minimum atomic E-state index is -0.164. The van der Waals surface area contributed by atoms with Gasteiger partial charge in [-0.2, -0.15) is 0 Å². The molecular weight excluding hydrogens is 294 g/mol. The van der Waals surface area contributed by atoms with Crippen LogP contribution in [0.25, 0.3) is 0 Å². The molecule has 6 nitrogen and oxygen atoms in total. The van der Waals surface area contributed by atoms with Crippen molar-refractivity contribution in [3.05, 3.63) is 35.4 Å². The number of hydrogen-bond acceptors (Lipinski definition) is 3. The lowest BCUT2D eigenvalue weighted by Gasteiger charge is -2.34. The lowest BCUT2D eigenvalue weighted by molar-refractivity contribution is -0.138. The maximum absolute atomic E-state index is 12.1. The van der Waals surface area contributed by atoms with Crippen LogP contribution in [0.1, 0.15) is 29.3 Å². The fraction of sp³-hybridized carbons (Fsp3) is 0.471. The van der Waals surface area contributed by atoms with Gasteiger partial charge in [-0.1, -0.05) is 17.7 Å². The Hall–Kier alpha value is -2.37. The van der Waals surface area contributed by atoms with Gasteiger partial charge in [-0.15, -0.1) is 0 Å². The number of rotatable bonds is 4. The predicted molar refractivity (Wildman–Crippen MR) is 87.0 cm³/mol. The third-order valence-electron chi connectivity index (χ3n) is 3.98. The third kappa shape index (κ3) is 4.81. The molecule has 6 heteroatoms. The molecule has 1 aromatic rings. The molecule has 0 aliphatic carbocycles. The van der Waals surface area contributed by atoms with Gasteiger partial charge in [-0.05, 0) is 19.1 Å². The standard InChI is InChI=1S/C17H23N3O3/c1-13-4-3-5-15(12-13)17(23)18-7-6-16(22)20-10-8-19(9-11-20)14(2)21/h3-5,12H,6-11H2,1-2H3,(H,18,23). The molecule has 0 saturated carbocycles. The zero-order valence-electron chi connectivity index (χ0n) is 13.7. The highest BCUT2D eigenvalue weighted by molar-refractivity contribution is 5.94. The van der Waals surface area contributed by atoms with Gasteiger partial charge in [0.2, 0.25) is 11.8 Å². The van der Waals surface area contributed by atoms with E-state index in [4.69, 9.17) is 0 Å². The molecule has 1 aliphatic heterocycles. The molecule has 1 heterocycles. The van der Waals surface area contributed by atoms with Crippen LogP contribution in [0.2, 0.25) is 0 Å². The van der Waals surface area contributed by atoms with Gasteiger partial charge in [0.1, 0.15) is 0 Å². The zero-order valence-corrected chi connectivity index (χ0v) is 13.7. The second kappa shape index (κ2) is 7.76. The summed E-state index contributed by atoms with van der Waals surface area (Å²) >= 11 is 0. The average Bonchev–Trinajstić information content (AvgIpc) is 2.54. The van der Waals surface area contributed by atoms with Gasteiger partial charge in [0.15, 0.2) is 0 Å². The van der Waals surface area contributed by atoms with E-state index in [0.717, 1.165) is 5.56 Å². The summed E-state index contributed by atoms with van der Waals surface area (Å²) in [5.41, 5.74) is 1.63. The van der Waals surface area contributed by atoms with Crippen molar-refractivity contribution >= 4 is 17.7 Å². The van der Waals surface area contributed by atoms with E-state index in [-0.39, 0.29) is 24.1 Å². The van der Waals surface area contributed by atoms with Crippen molar-refractivity contribution in [1.29, 1.82) is 0 Å². The Balaban J connectivity index is 1.73. The number of hydrogen-bond donors (Lipinski definition) is 1. The normalized spacial score (nSPS) is 14.5. The summed E-state index contributed by atoms with van der Waals surface area (Å²) < 4.78 is 0. The van der Waals surface area contributed by atoms with Gasteiger partial charge in [-0.3, -0.25) is 14.4 Å². The molecular formula is C17H23N3O3. The summed E-state index contributed by atoms with van der Waals surface area (Å²) in [6, 6.07) is 7.34. The van der Waals surface area contributed by atoms with Crippen molar-refractivity contribution in [1.82, 2.24) is 15.1 Å². The van der Waals surface area contributed by atoms with E-state index in [1.165, 1.54) is 6.92 Å². The molecule has 1 saturated heterocycles.